The van der Waals surface area contributed by atoms with Gasteiger partial charge in [0.15, 0.2) is 5.82 Å². The zero-order valence-corrected chi connectivity index (χ0v) is 9.28. The number of anilines is 2. The molecule has 0 aliphatic heterocycles. The Balaban J connectivity index is 2.09. The Labute approximate surface area is 98.5 Å². The fourth-order valence-electron chi connectivity index (χ4n) is 1.31. The number of hydrogen-bond donors (Lipinski definition) is 2. The van der Waals surface area contributed by atoms with Gasteiger partial charge in [0.2, 0.25) is 0 Å². The molecule has 0 amide bonds. The summed E-state index contributed by atoms with van der Waals surface area (Å²) in [4.78, 5) is 7.85. The van der Waals surface area contributed by atoms with Gasteiger partial charge in [0, 0.05) is 11.6 Å². The second kappa shape index (κ2) is 4.81. The van der Waals surface area contributed by atoms with E-state index in [1.807, 2.05) is 24.3 Å². The summed E-state index contributed by atoms with van der Waals surface area (Å²) in [7, 11) is 0. The first kappa shape index (κ1) is 10.7. The molecule has 1 aromatic heterocycles. The van der Waals surface area contributed by atoms with E-state index in [1.165, 1.54) is 6.33 Å². The number of nitrogens with one attached hydrogen (secondary N) is 1. The van der Waals surface area contributed by atoms with Gasteiger partial charge in [-0.1, -0.05) is 29.8 Å². The summed E-state index contributed by atoms with van der Waals surface area (Å²) >= 11 is 6.03. The maximum absolute atomic E-state index is 6.03. The lowest BCUT2D eigenvalue weighted by Crippen LogP contribution is -2.05. The Morgan fingerprint density at radius 3 is 2.88 bits per heavy atom. The molecule has 0 bridgehead atoms. The molecule has 2 aromatic rings. The molecule has 2 rings (SSSR count). The number of rotatable bonds is 3. The van der Waals surface area contributed by atoms with Crippen molar-refractivity contribution < 1.29 is 0 Å². The molecule has 3 N–H and O–H groups in total. The Morgan fingerprint density at radius 2 is 2.12 bits per heavy atom. The highest BCUT2D eigenvalue weighted by Crippen LogP contribution is 2.18. The van der Waals surface area contributed by atoms with Gasteiger partial charge in [0.05, 0.1) is 11.9 Å². The van der Waals surface area contributed by atoms with E-state index in [-0.39, 0.29) is 0 Å². The predicted molar refractivity (Wildman–Crippen MR) is 65.2 cm³/mol. The van der Waals surface area contributed by atoms with Crippen LogP contribution in [0.15, 0.2) is 36.8 Å². The molecule has 0 spiro atoms. The molecule has 82 valence electrons. The van der Waals surface area contributed by atoms with Gasteiger partial charge < -0.3 is 11.1 Å². The third-order valence-electron chi connectivity index (χ3n) is 2.14. The van der Waals surface area contributed by atoms with Crippen LogP contribution in [0.4, 0.5) is 11.5 Å². The number of aromatic nitrogens is 2. The van der Waals surface area contributed by atoms with Gasteiger partial charge in [-0.05, 0) is 11.6 Å². The average Bonchev–Trinajstić information content (AvgIpc) is 2.30. The molecule has 0 atom stereocenters. The Hall–Kier alpha value is -1.81. The highest BCUT2D eigenvalue weighted by Gasteiger charge is 2.01. The quantitative estimate of drug-likeness (QED) is 0.856. The number of hydrogen-bond acceptors (Lipinski definition) is 4. The monoisotopic (exact) mass is 234 g/mol. The van der Waals surface area contributed by atoms with Gasteiger partial charge in [-0.2, -0.15) is 0 Å². The summed E-state index contributed by atoms with van der Waals surface area (Å²) in [6.07, 6.45) is 3.01. The summed E-state index contributed by atoms with van der Waals surface area (Å²) in [6.45, 7) is 0.584. The van der Waals surface area contributed by atoms with Crippen molar-refractivity contribution in [3.63, 3.8) is 0 Å². The number of nitrogens with two attached hydrogens (primary N) is 1. The number of halogens is 1. The standard InChI is InChI=1S/C11H11ClN4/c12-9-4-2-1-3-8(9)5-15-11-10(13)6-14-7-16-11/h1-4,6-7H,5,13H2,(H,14,15,16). The van der Waals surface area contributed by atoms with Crippen molar-refractivity contribution in [2.75, 3.05) is 11.1 Å². The first-order valence-electron chi connectivity index (χ1n) is 4.80. The molecule has 0 radical (unpaired) electrons. The van der Waals surface area contributed by atoms with Crippen molar-refractivity contribution >= 4 is 23.1 Å². The Kier molecular flexibility index (Phi) is 3.22. The summed E-state index contributed by atoms with van der Waals surface area (Å²) < 4.78 is 0. The molecule has 0 aliphatic rings. The molecular formula is C11H11ClN4. The molecule has 0 saturated carbocycles. The van der Waals surface area contributed by atoms with Crippen LogP contribution < -0.4 is 11.1 Å². The van der Waals surface area contributed by atoms with Crippen LogP contribution in [0.2, 0.25) is 5.02 Å². The summed E-state index contributed by atoms with van der Waals surface area (Å²) in [6, 6.07) is 7.63. The highest BCUT2D eigenvalue weighted by atomic mass is 35.5. The lowest BCUT2D eigenvalue weighted by atomic mass is 10.2. The fourth-order valence-corrected chi connectivity index (χ4v) is 1.51. The molecule has 0 saturated heterocycles. The third-order valence-corrected chi connectivity index (χ3v) is 2.51. The second-order valence-corrected chi connectivity index (χ2v) is 3.68. The van der Waals surface area contributed by atoms with Crippen LogP contribution >= 0.6 is 11.6 Å². The Morgan fingerprint density at radius 1 is 1.31 bits per heavy atom. The fraction of sp³-hybridized carbons (Fsp3) is 0.0909. The van der Waals surface area contributed by atoms with E-state index in [1.54, 1.807) is 6.20 Å². The lowest BCUT2D eigenvalue weighted by Gasteiger charge is -2.08. The molecule has 0 unspecified atom stereocenters. The highest BCUT2D eigenvalue weighted by molar-refractivity contribution is 6.31. The zero-order valence-electron chi connectivity index (χ0n) is 8.52. The number of benzene rings is 1. The molecule has 16 heavy (non-hydrogen) atoms. The van der Waals surface area contributed by atoms with Crippen molar-refractivity contribution in [3.8, 4) is 0 Å². The molecule has 4 nitrogen and oxygen atoms in total. The molecule has 0 aliphatic carbocycles. The van der Waals surface area contributed by atoms with Gasteiger partial charge in [0.1, 0.15) is 6.33 Å². The van der Waals surface area contributed by atoms with E-state index in [4.69, 9.17) is 17.3 Å². The summed E-state index contributed by atoms with van der Waals surface area (Å²) in [5.41, 5.74) is 7.23. The van der Waals surface area contributed by atoms with Crippen molar-refractivity contribution in [1.82, 2.24) is 9.97 Å². The van der Waals surface area contributed by atoms with E-state index in [9.17, 15) is 0 Å². The van der Waals surface area contributed by atoms with Gasteiger partial charge in [-0.25, -0.2) is 9.97 Å². The van der Waals surface area contributed by atoms with E-state index in [0.29, 0.717) is 18.1 Å². The largest absolute Gasteiger partial charge is 0.394 e. The van der Waals surface area contributed by atoms with Crippen molar-refractivity contribution in [2.45, 2.75) is 6.54 Å². The molecular weight excluding hydrogens is 224 g/mol. The van der Waals surface area contributed by atoms with Crippen molar-refractivity contribution in [2.24, 2.45) is 0 Å². The molecule has 1 aromatic carbocycles. The maximum Gasteiger partial charge on any atom is 0.152 e. The van der Waals surface area contributed by atoms with Gasteiger partial charge in [-0.15, -0.1) is 0 Å². The Bertz CT molecular complexity index is 441. The van der Waals surface area contributed by atoms with Crippen LogP contribution in [-0.2, 0) is 6.54 Å². The second-order valence-electron chi connectivity index (χ2n) is 3.27. The molecule has 0 fully saturated rings. The van der Waals surface area contributed by atoms with Crippen LogP contribution in [-0.4, -0.2) is 9.97 Å². The minimum atomic E-state index is 0.523. The summed E-state index contributed by atoms with van der Waals surface area (Å²) in [5.74, 6) is 0.620. The van der Waals surface area contributed by atoms with Crippen LogP contribution in [0.3, 0.4) is 0 Å². The average molecular weight is 235 g/mol. The molecule has 1 heterocycles. The third kappa shape index (κ3) is 2.41. The molecule has 5 heteroatoms. The van der Waals surface area contributed by atoms with Crippen LogP contribution in [0.5, 0.6) is 0 Å². The smallest absolute Gasteiger partial charge is 0.152 e. The SMILES string of the molecule is Nc1cncnc1NCc1ccccc1Cl. The first-order valence-corrected chi connectivity index (χ1v) is 5.18. The number of nitrogen functional groups attached to an aromatic ring is 1. The topological polar surface area (TPSA) is 63.8 Å². The lowest BCUT2D eigenvalue weighted by molar-refractivity contribution is 1.08. The van der Waals surface area contributed by atoms with Crippen LogP contribution in [0.25, 0.3) is 0 Å². The van der Waals surface area contributed by atoms with Gasteiger partial charge in [-0.3, -0.25) is 0 Å². The minimum Gasteiger partial charge on any atom is -0.394 e. The zero-order chi connectivity index (χ0) is 11.4. The minimum absolute atomic E-state index is 0.523. The number of nitrogens with zero attached hydrogens (tertiary/aromatic N) is 2. The van der Waals surface area contributed by atoms with Crippen molar-refractivity contribution in [1.29, 1.82) is 0 Å². The van der Waals surface area contributed by atoms with Crippen molar-refractivity contribution in [3.05, 3.63) is 47.4 Å². The van der Waals surface area contributed by atoms with Crippen LogP contribution in [0.1, 0.15) is 5.56 Å². The normalized spacial score (nSPS) is 10.1. The van der Waals surface area contributed by atoms with E-state index in [0.717, 1.165) is 10.6 Å². The van der Waals surface area contributed by atoms with Gasteiger partial charge in [0.25, 0.3) is 0 Å². The predicted octanol–water partition coefficient (Wildman–Crippen LogP) is 2.32. The van der Waals surface area contributed by atoms with E-state index >= 15 is 0 Å². The van der Waals surface area contributed by atoms with Gasteiger partial charge >= 0.3 is 0 Å². The maximum atomic E-state index is 6.03. The van der Waals surface area contributed by atoms with E-state index in [2.05, 4.69) is 15.3 Å². The van der Waals surface area contributed by atoms with Crippen LogP contribution in [0, 0.1) is 0 Å². The first-order chi connectivity index (χ1) is 7.77. The van der Waals surface area contributed by atoms with E-state index < -0.39 is 0 Å². The summed E-state index contributed by atoms with van der Waals surface area (Å²) in [5, 5.41) is 3.83.